The van der Waals surface area contributed by atoms with E-state index in [1.165, 1.54) is 9.36 Å². The van der Waals surface area contributed by atoms with Gasteiger partial charge in [-0.2, -0.15) is 15.3 Å². The molecule has 0 aliphatic rings. The van der Waals surface area contributed by atoms with Gasteiger partial charge in [0.2, 0.25) is 0 Å². The minimum Gasteiger partial charge on any atom is -0.410 e. The molecule has 0 unspecified atom stereocenters. The number of benzene rings is 2. The number of aryl methyl sites for hydroxylation is 2. The molecule has 27 heavy (non-hydrogen) atoms. The Bertz CT molecular complexity index is 1070. The van der Waals surface area contributed by atoms with Crippen molar-refractivity contribution in [3.8, 4) is 5.69 Å². The van der Waals surface area contributed by atoms with Crippen LogP contribution in [-0.4, -0.2) is 26.0 Å². The molecular formula is C19H21N5O2S. The highest BCUT2D eigenvalue weighted by atomic mass is 32.2. The largest absolute Gasteiger partial charge is 0.410 e. The molecule has 0 atom stereocenters. The first kappa shape index (κ1) is 18.9. The molecule has 7 nitrogen and oxygen atoms in total. The normalized spacial score (nSPS) is 12.0. The molecule has 0 amide bonds. The summed E-state index contributed by atoms with van der Waals surface area (Å²) < 4.78 is 2.42. The number of nitrogens with zero attached hydrogens (tertiary/aromatic N) is 4. The van der Waals surface area contributed by atoms with Gasteiger partial charge < -0.3 is 4.84 Å². The summed E-state index contributed by atoms with van der Waals surface area (Å²) in [5, 5.41) is 7.76. The van der Waals surface area contributed by atoms with Crippen molar-refractivity contribution in [2.24, 2.45) is 12.9 Å². The topological polar surface area (TPSA) is 88.0 Å². The molecule has 1 aromatic heterocycles. The molecule has 2 N–H and O–H groups in total. The van der Waals surface area contributed by atoms with Crippen molar-refractivity contribution in [1.82, 2.24) is 19.8 Å². The van der Waals surface area contributed by atoms with Crippen LogP contribution >= 0.6 is 11.8 Å². The number of thioether (sulfide) groups is 1. The first-order chi connectivity index (χ1) is 13.0. The van der Waals surface area contributed by atoms with E-state index < -0.39 is 0 Å². The number of hydrogen-bond acceptors (Lipinski definition) is 6. The maximum atomic E-state index is 12.4. The van der Waals surface area contributed by atoms with Crippen LogP contribution in [0.4, 0.5) is 0 Å². The Morgan fingerprint density at radius 2 is 1.93 bits per heavy atom. The maximum Gasteiger partial charge on any atom is 0.368 e. The molecule has 140 valence electrons. The summed E-state index contributed by atoms with van der Waals surface area (Å²) >= 11 is 1.66. The van der Waals surface area contributed by atoms with Crippen LogP contribution in [0.1, 0.15) is 23.6 Å². The van der Waals surface area contributed by atoms with Gasteiger partial charge in [0, 0.05) is 23.1 Å². The van der Waals surface area contributed by atoms with E-state index in [-0.39, 0.29) is 5.69 Å². The lowest BCUT2D eigenvalue weighted by Gasteiger charge is -2.16. The third-order valence-corrected chi connectivity index (χ3v) is 5.11. The van der Waals surface area contributed by atoms with E-state index in [1.807, 2.05) is 50.4 Å². The van der Waals surface area contributed by atoms with Gasteiger partial charge in [0.1, 0.15) is 0 Å². The molecule has 0 bridgehead atoms. The average Bonchev–Trinajstić information content (AvgIpc) is 3.02. The molecule has 2 aromatic carbocycles. The quantitative estimate of drug-likeness (QED) is 0.315. The van der Waals surface area contributed by atoms with Crippen LogP contribution in [0.15, 0.2) is 52.2 Å². The highest BCUT2D eigenvalue weighted by molar-refractivity contribution is 7.98. The molecule has 0 fully saturated rings. The van der Waals surface area contributed by atoms with Crippen LogP contribution in [0.25, 0.3) is 17.0 Å². The van der Waals surface area contributed by atoms with Gasteiger partial charge in [-0.25, -0.2) is 4.79 Å². The van der Waals surface area contributed by atoms with E-state index >= 15 is 0 Å². The molecule has 0 aliphatic carbocycles. The van der Waals surface area contributed by atoms with Crippen LogP contribution in [0.2, 0.25) is 0 Å². The standard InChI is InChI=1S/C19H21N5O2S/c1-12-7-5-10-16(24-19(25)23(3)21-22-24)17(12)18(26-20)13(2)14-8-6-9-15(11-14)27-4/h5-11H,20H2,1-4H3/b18-13+. The van der Waals surface area contributed by atoms with Gasteiger partial charge in [0.05, 0.1) is 5.69 Å². The first-order valence-corrected chi connectivity index (χ1v) is 9.51. The lowest BCUT2D eigenvalue weighted by Crippen LogP contribution is -2.23. The van der Waals surface area contributed by atoms with Crippen LogP contribution in [0.3, 0.4) is 0 Å². The second-order valence-corrected chi connectivity index (χ2v) is 6.95. The molecule has 0 saturated heterocycles. The highest BCUT2D eigenvalue weighted by Gasteiger charge is 2.20. The Morgan fingerprint density at radius 3 is 2.56 bits per heavy atom. The zero-order valence-corrected chi connectivity index (χ0v) is 16.4. The molecule has 3 aromatic rings. The minimum absolute atomic E-state index is 0.347. The third-order valence-electron chi connectivity index (χ3n) is 4.39. The van der Waals surface area contributed by atoms with Crippen molar-refractivity contribution >= 4 is 23.1 Å². The van der Waals surface area contributed by atoms with Crippen molar-refractivity contribution in [3.63, 3.8) is 0 Å². The SMILES string of the molecule is CSc1cccc(/C(C)=C(/ON)c2c(C)cccc2-n2nnn(C)c2=O)c1. The summed E-state index contributed by atoms with van der Waals surface area (Å²) in [6.45, 7) is 3.88. The van der Waals surface area contributed by atoms with Gasteiger partial charge in [-0.05, 0) is 59.9 Å². The molecule has 3 rings (SSSR count). The summed E-state index contributed by atoms with van der Waals surface area (Å²) in [5.74, 6) is 6.17. The smallest absolute Gasteiger partial charge is 0.368 e. The highest BCUT2D eigenvalue weighted by Crippen LogP contribution is 2.32. The van der Waals surface area contributed by atoms with E-state index in [4.69, 9.17) is 10.7 Å². The van der Waals surface area contributed by atoms with Gasteiger partial charge >= 0.3 is 5.69 Å². The zero-order valence-electron chi connectivity index (χ0n) is 15.6. The van der Waals surface area contributed by atoms with Crippen molar-refractivity contribution in [2.45, 2.75) is 18.7 Å². The van der Waals surface area contributed by atoms with Crippen LogP contribution in [0.5, 0.6) is 0 Å². The Hall–Kier alpha value is -2.84. The fourth-order valence-electron chi connectivity index (χ4n) is 2.91. The van der Waals surface area contributed by atoms with E-state index in [9.17, 15) is 4.79 Å². The predicted molar refractivity (Wildman–Crippen MR) is 107 cm³/mol. The Balaban J connectivity index is 2.27. The van der Waals surface area contributed by atoms with Gasteiger partial charge in [0.15, 0.2) is 5.76 Å². The fraction of sp³-hybridized carbons (Fsp3) is 0.211. The zero-order chi connectivity index (χ0) is 19.6. The summed E-state index contributed by atoms with van der Waals surface area (Å²) in [5.41, 5.74) is 3.68. The second kappa shape index (κ2) is 7.81. The average molecular weight is 383 g/mol. The summed E-state index contributed by atoms with van der Waals surface area (Å²) in [6.07, 6.45) is 2.03. The molecule has 1 heterocycles. The minimum atomic E-state index is -0.347. The van der Waals surface area contributed by atoms with E-state index in [2.05, 4.69) is 16.5 Å². The summed E-state index contributed by atoms with van der Waals surface area (Å²) in [4.78, 5) is 18.8. The molecular weight excluding hydrogens is 362 g/mol. The van der Waals surface area contributed by atoms with Crippen molar-refractivity contribution in [3.05, 3.63) is 69.6 Å². The lowest BCUT2D eigenvalue weighted by molar-refractivity contribution is 0.291. The number of tetrazole rings is 1. The van der Waals surface area contributed by atoms with E-state index in [1.54, 1.807) is 24.9 Å². The molecule has 8 heteroatoms. The number of rotatable bonds is 5. The van der Waals surface area contributed by atoms with Crippen molar-refractivity contribution < 1.29 is 4.84 Å². The number of nitrogens with two attached hydrogens (primary N) is 1. The van der Waals surface area contributed by atoms with Crippen LogP contribution in [0, 0.1) is 6.92 Å². The number of hydrogen-bond donors (Lipinski definition) is 1. The van der Waals surface area contributed by atoms with E-state index in [0.29, 0.717) is 17.0 Å². The Labute approximate surface area is 161 Å². The van der Waals surface area contributed by atoms with E-state index in [0.717, 1.165) is 21.6 Å². The maximum absolute atomic E-state index is 12.4. The van der Waals surface area contributed by atoms with Crippen LogP contribution in [-0.2, 0) is 11.9 Å². The van der Waals surface area contributed by atoms with Gasteiger partial charge in [-0.1, -0.05) is 24.3 Å². The molecule has 0 spiro atoms. The summed E-state index contributed by atoms with van der Waals surface area (Å²) in [7, 11) is 1.55. The van der Waals surface area contributed by atoms with Crippen molar-refractivity contribution in [2.75, 3.05) is 6.26 Å². The Morgan fingerprint density at radius 1 is 1.19 bits per heavy atom. The monoisotopic (exact) mass is 383 g/mol. The molecule has 0 saturated carbocycles. The third kappa shape index (κ3) is 3.54. The van der Waals surface area contributed by atoms with Crippen LogP contribution < -0.4 is 11.6 Å². The fourth-order valence-corrected chi connectivity index (χ4v) is 3.37. The molecule has 0 radical (unpaired) electrons. The summed E-state index contributed by atoms with van der Waals surface area (Å²) in [6, 6.07) is 13.7. The number of allylic oxidation sites excluding steroid dienone is 1. The first-order valence-electron chi connectivity index (χ1n) is 8.29. The second-order valence-electron chi connectivity index (χ2n) is 6.07. The van der Waals surface area contributed by atoms with Gasteiger partial charge in [-0.15, -0.1) is 11.8 Å². The molecule has 0 aliphatic heterocycles. The predicted octanol–water partition coefficient (Wildman–Crippen LogP) is 2.77. The van der Waals surface area contributed by atoms with Gasteiger partial charge in [0.25, 0.3) is 0 Å². The lowest BCUT2D eigenvalue weighted by atomic mass is 9.98. The Kier molecular flexibility index (Phi) is 5.48. The van der Waals surface area contributed by atoms with Gasteiger partial charge in [-0.3, -0.25) is 0 Å². The van der Waals surface area contributed by atoms with Crippen molar-refractivity contribution in [1.29, 1.82) is 0 Å². The number of aromatic nitrogens is 4.